The Kier molecular flexibility index (Phi) is 14.5. The number of Topliss-reactive ketones (excluding diaryl/α,β-unsaturated/α-hetero) is 1. The van der Waals surface area contributed by atoms with Crippen LogP contribution in [0.1, 0.15) is 118 Å². The molecule has 0 saturated heterocycles. The molecule has 0 bridgehead atoms. The number of nitrogens with two attached hydrogens (primary N) is 1. The molecule has 11 nitrogen and oxygen atoms in total. The van der Waals surface area contributed by atoms with Crippen molar-refractivity contribution in [2.75, 3.05) is 20.7 Å². The van der Waals surface area contributed by atoms with Gasteiger partial charge in [0.15, 0.2) is 11.9 Å². The maximum Gasteiger partial charge on any atom is 0.309 e. The lowest BCUT2D eigenvalue weighted by Crippen LogP contribution is -2.61. The lowest BCUT2D eigenvalue weighted by molar-refractivity contribution is -0.494. The van der Waals surface area contributed by atoms with Crippen molar-refractivity contribution in [2.45, 2.75) is 131 Å². The highest BCUT2D eigenvalue weighted by Crippen LogP contribution is 2.72. The van der Waals surface area contributed by atoms with Crippen LogP contribution in [-0.2, 0) is 40.0 Å². The van der Waals surface area contributed by atoms with Crippen LogP contribution in [0.4, 0.5) is 0 Å². The van der Waals surface area contributed by atoms with Gasteiger partial charge in [0.2, 0.25) is 6.54 Å². The predicted octanol–water partition coefficient (Wildman–Crippen LogP) is 8.19. The minimum Gasteiger partial charge on any atom is -0.462 e. The largest absolute Gasteiger partial charge is 0.462 e. The molecule has 5 saturated carbocycles. The number of ether oxygens (including phenoxy) is 3. The van der Waals surface area contributed by atoms with Crippen molar-refractivity contribution < 1.29 is 38.3 Å². The molecule has 0 spiro atoms. The van der Waals surface area contributed by atoms with E-state index in [1.165, 1.54) is 19.5 Å². The number of hydrogen-bond donors (Lipinski definition) is 1. The van der Waals surface area contributed by atoms with Gasteiger partial charge in [-0.1, -0.05) is 71.9 Å². The van der Waals surface area contributed by atoms with E-state index in [1.54, 1.807) is 7.11 Å². The smallest absolute Gasteiger partial charge is 0.309 e. The van der Waals surface area contributed by atoms with Crippen molar-refractivity contribution in [3.8, 4) is 0 Å². The Morgan fingerprint density at radius 1 is 0.966 bits per heavy atom. The normalized spacial score (nSPS) is 37.8. The second-order valence-corrected chi connectivity index (χ2v) is 19.2. The molecule has 5 fully saturated rings. The molecule has 0 heterocycles. The Balaban J connectivity index is 0.000000509. The highest BCUT2D eigenvalue weighted by Gasteiger charge is 2.67. The van der Waals surface area contributed by atoms with Crippen LogP contribution < -0.4 is 5.73 Å². The summed E-state index contributed by atoms with van der Waals surface area (Å²) in [6.07, 6.45) is 8.17. The van der Waals surface area contributed by atoms with Gasteiger partial charge < -0.3 is 24.7 Å². The number of hydrogen-bond acceptors (Lipinski definition) is 10. The first-order valence-corrected chi connectivity index (χ1v) is 21.9. The number of esters is 2. The summed E-state index contributed by atoms with van der Waals surface area (Å²) in [5, 5.41) is 11.9. The van der Waals surface area contributed by atoms with Crippen LogP contribution in [0, 0.1) is 79.6 Å². The standard InChI is InChI=1S/C38H55NO8.C8H10O.CH5N/c1-20(2)33-29(42)17-38(32(18-39(44)45)46-23(5)41)15-11-28-25(34(33)38)8-9-31-36(6)14-12-30(22(4)27(36)10-13-37(28,31)7)47-35(43)26-16-24(19-40)21(26)3;1-9-7-8-5-3-2-4-6-8;1-2/h19-22,24-28,30-32H,8-18H2,1-7H3;2-6H,7H2,1H3;2H2,1H3. The van der Waals surface area contributed by atoms with Crippen LogP contribution in [0.2, 0.25) is 0 Å². The minimum atomic E-state index is -0.948. The Hall–Kier alpha value is -3.44. The van der Waals surface area contributed by atoms with Crippen LogP contribution in [0.3, 0.4) is 0 Å². The third-order valence-electron chi connectivity index (χ3n) is 16.1. The number of ketones is 1. The van der Waals surface area contributed by atoms with Crippen molar-refractivity contribution in [3.05, 3.63) is 57.2 Å². The number of benzene rings is 1. The van der Waals surface area contributed by atoms with E-state index in [0.29, 0.717) is 37.2 Å². The Labute approximate surface area is 346 Å². The summed E-state index contributed by atoms with van der Waals surface area (Å²) in [4.78, 5) is 61.9. The SMILES string of the molecule is CC(=O)OC(C[N+](=O)[O-])C12CCC3C(CCC4C3(C)CCC3C(C)C(OC(=O)C5CC(C=O)C5C)CCC34C)C1=C(C(C)C)C(=O)C2.CN.COCc1ccccc1. The number of fused-ring (bicyclic) bond motifs is 7. The number of methoxy groups -OCH3 is 1. The summed E-state index contributed by atoms with van der Waals surface area (Å²) >= 11 is 0. The quantitative estimate of drug-likeness (QED) is 0.105. The van der Waals surface area contributed by atoms with Crippen molar-refractivity contribution in [1.82, 2.24) is 0 Å². The Bertz CT molecular complexity index is 1680. The Morgan fingerprint density at radius 3 is 2.19 bits per heavy atom. The molecule has 0 radical (unpaired) electrons. The monoisotopic (exact) mass is 807 g/mol. The summed E-state index contributed by atoms with van der Waals surface area (Å²) in [6, 6.07) is 10.1. The molecule has 58 heavy (non-hydrogen) atoms. The van der Waals surface area contributed by atoms with Gasteiger partial charge >= 0.3 is 11.9 Å². The van der Waals surface area contributed by atoms with Gasteiger partial charge in [-0.05, 0) is 134 Å². The molecule has 0 amide bonds. The van der Waals surface area contributed by atoms with E-state index in [4.69, 9.17) is 14.2 Å². The average Bonchev–Trinajstić information content (AvgIpc) is 3.50. The van der Waals surface area contributed by atoms with Crippen LogP contribution in [-0.4, -0.2) is 61.8 Å². The van der Waals surface area contributed by atoms with Crippen molar-refractivity contribution in [1.29, 1.82) is 0 Å². The zero-order valence-corrected chi connectivity index (χ0v) is 36.5. The average molecular weight is 807 g/mol. The van der Waals surface area contributed by atoms with Crippen molar-refractivity contribution in [3.63, 3.8) is 0 Å². The van der Waals surface area contributed by atoms with Crippen LogP contribution >= 0.6 is 0 Å². The lowest BCUT2D eigenvalue weighted by Gasteiger charge is -2.67. The summed E-state index contributed by atoms with van der Waals surface area (Å²) < 4.78 is 16.9. The number of carbonyl (C=O) groups excluding carboxylic acids is 4. The Morgan fingerprint density at radius 2 is 1.60 bits per heavy atom. The molecule has 0 aromatic heterocycles. The zero-order valence-electron chi connectivity index (χ0n) is 36.5. The number of nitro groups is 1. The number of carbonyl (C=O) groups is 4. The first kappa shape index (κ1) is 45.6. The van der Waals surface area contributed by atoms with Crippen molar-refractivity contribution >= 4 is 24.0 Å². The van der Waals surface area contributed by atoms with E-state index < -0.39 is 29.0 Å². The van der Waals surface area contributed by atoms with E-state index in [1.807, 2.05) is 51.1 Å². The third-order valence-corrected chi connectivity index (χ3v) is 16.1. The van der Waals surface area contributed by atoms with Gasteiger partial charge in [0.1, 0.15) is 12.4 Å². The molecular formula is C47H70N2O9. The highest BCUT2D eigenvalue weighted by atomic mass is 16.6. The van der Waals surface area contributed by atoms with Crippen LogP contribution in [0.25, 0.3) is 0 Å². The van der Waals surface area contributed by atoms with E-state index in [9.17, 15) is 29.3 Å². The van der Waals surface area contributed by atoms with E-state index in [2.05, 4.69) is 26.5 Å². The van der Waals surface area contributed by atoms with Gasteiger partial charge in [0.25, 0.3) is 0 Å². The first-order chi connectivity index (χ1) is 27.5. The number of nitrogens with zero attached hydrogens (tertiary/aromatic N) is 1. The minimum absolute atomic E-state index is 0.00317. The zero-order chi connectivity index (χ0) is 42.7. The molecule has 11 heteroatoms. The van der Waals surface area contributed by atoms with Gasteiger partial charge in [-0.2, -0.15) is 0 Å². The van der Waals surface area contributed by atoms with Gasteiger partial charge in [-0.25, -0.2) is 0 Å². The molecule has 6 aliphatic carbocycles. The van der Waals surface area contributed by atoms with Crippen molar-refractivity contribution in [2.24, 2.45) is 75.2 Å². The molecule has 13 atom stereocenters. The lowest BCUT2D eigenvalue weighted by atomic mass is 9.38. The first-order valence-electron chi connectivity index (χ1n) is 21.9. The molecule has 6 aliphatic rings. The number of rotatable bonds is 10. The fraction of sp³-hybridized carbons (Fsp3) is 0.745. The highest BCUT2D eigenvalue weighted by molar-refractivity contribution is 6.00. The molecule has 2 N–H and O–H groups in total. The molecule has 0 aliphatic heterocycles. The third kappa shape index (κ3) is 8.32. The predicted molar refractivity (Wildman–Crippen MR) is 222 cm³/mol. The van der Waals surface area contributed by atoms with Gasteiger partial charge in [-0.3, -0.25) is 24.5 Å². The summed E-state index contributed by atoms with van der Waals surface area (Å²) in [5.41, 5.74) is 6.99. The second-order valence-electron chi connectivity index (χ2n) is 19.2. The van der Waals surface area contributed by atoms with Gasteiger partial charge in [-0.15, -0.1) is 0 Å². The fourth-order valence-corrected chi connectivity index (χ4v) is 13.5. The van der Waals surface area contributed by atoms with E-state index in [-0.39, 0.29) is 70.6 Å². The van der Waals surface area contributed by atoms with E-state index in [0.717, 1.165) is 62.4 Å². The maximum absolute atomic E-state index is 13.8. The maximum atomic E-state index is 13.8. The number of aldehydes is 1. The van der Waals surface area contributed by atoms with Gasteiger partial charge in [0.05, 0.1) is 12.5 Å². The van der Waals surface area contributed by atoms with Gasteiger partial charge in [0, 0.05) is 36.7 Å². The molecule has 1 aromatic carbocycles. The fourth-order valence-electron chi connectivity index (χ4n) is 13.5. The summed E-state index contributed by atoms with van der Waals surface area (Å²) in [6.45, 7) is 14.8. The second kappa shape index (κ2) is 18.4. The summed E-state index contributed by atoms with van der Waals surface area (Å²) in [7, 11) is 3.20. The molecule has 7 rings (SSSR count). The topological polar surface area (TPSA) is 165 Å². The van der Waals surface area contributed by atoms with E-state index >= 15 is 0 Å². The van der Waals surface area contributed by atoms with Crippen LogP contribution in [0.5, 0.6) is 0 Å². The summed E-state index contributed by atoms with van der Waals surface area (Å²) in [5.74, 6) is 0.925. The molecule has 1 aromatic rings. The molecular weight excluding hydrogens is 737 g/mol. The molecule has 322 valence electrons. The molecule has 13 unspecified atom stereocenters. The van der Waals surface area contributed by atoms with Crippen LogP contribution in [0.15, 0.2) is 41.5 Å². The number of allylic oxidation sites excluding steroid dienone is 1.